The van der Waals surface area contributed by atoms with Crippen LogP contribution in [0.4, 0.5) is 5.69 Å². The zero-order valence-corrected chi connectivity index (χ0v) is 24.0. The van der Waals surface area contributed by atoms with Gasteiger partial charge in [0.2, 0.25) is 17.5 Å². The van der Waals surface area contributed by atoms with Crippen LogP contribution in [0.15, 0.2) is 65.6 Å². The minimum Gasteiger partial charge on any atom is -0.296 e. The van der Waals surface area contributed by atoms with Crippen LogP contribution < -0.4 is 33.2 Å². The smallest absolute Gasteiger partial charge is 0.262 e. The molecule has 1 aliphatic heterocycles. The first kappa shape index (κ1) is 31.1. The summed E-state index contributed by atoms with van der Waals surface area (Å²) < 4.78 is 65.0. The van der Waals surface area contributed by atoms with Crippen molar-refractivity contribution < 1.29 is 51.5 Å². The van der Waals surface area contributed by atoms with E-state index in [2.05, 4.69) is 22.2 Å². The number of aromatic nitrogens is 1. The van der Waals surface area contributed by atoms with Crippen LogP contribution in [-0.4, -0.2) is 20.2 Å². The van der Waals surface area contributed by atoms with E-state index in [0.717, 1.165) is 28.2 Å². The van der Waals surface area contributed by atoms with E-state index < -0.39 is 25.7 Å². The molecule has 0 spiro atoms. The van der Waals surface area contributed by atoms with Crippen molar-refractivity contribution >= 4 is 27.5 Å². The Morgan fingerprint density at radius 1 is 0.950 bits per heavy atom. The summed E-state index contributed by atoms with van der Waals surface area (Å²) in [5, 5.41) is 2.43. The number of piperidine rings is 1. The average molecular weight is 592 g/mol. The lowest BCUT2D eigenvalue weighted by molar-refractivity contribution is -2.00. The Kier molecular flexibility index (Phi) is 9.35. The van der Waals surface area contributed by atoms with E-state index in [4.69, 9.17) is 18.6 Å². The predicted molar refractivity (Wildman–Crippen MR) is 134 cm³/mol. The number of hydrogen-bond acceptors (Lipinski definition) is 8. The average Bonchev–Trinajstić information content (AvgIpc) is 2.83. The van der Waals surface area contributed by atoms with Gasteiger partial charge >= 0.3 is 0 Å². The molecule has 1 atom stereocenters. The third-order valence-electron chi connectivity index (χ3n) is 6.72. The fourth-order valence-electron chi connectivity index (χ4n) is 4.94. The summed E-state index contributed by atoms with van der Waals surface area (Å²) in [7, 11) is -8.79. The molecule has 11 nitrogen and oxygen atoms in total. The molecule has 4 rings (SSSR count). The number of nitrogens with one attached hydrogen (secondary N) is 2. The molecule has 1 aromatic heterocycles. The van der Waals surface area contributed by atoms with E-state index in [1.807, 2.05) is 38.3 Å². The Morgan fingerprint density at radius 2 is 1.52 bits per heavy atom. The van der Waals surface area contributed by atoms with Crippen LogP contribution in [0.2, 0.25) is 0 Å². The van der Waals surface area contributed by atoms with Gasteiger partial charge in [-0.1, -0.05) is 25.1 Å². The first-order valence-corrected chi connectivity index (χ1v) is 15.0. The maximum atomic E-state index is 13.2. The van der Waals surface area contributed by atoms with Gasteiger partial charge < -0.3 is 0 Å². The molecule has 1 saturated heterocycles. The largest absolute Gasteiger partial charge is 0.296 e. The molecular weight excluding hydrogens is 562 g/mol. The topological polar surface area (TPSA) is 188 Å². The van der Waals surface area contributed by atoms with Gasteiger partial charge in [0, 0.05) is 50.2 Å². The van der Waals surface area contributed by atoms with E-state index in [1.54, 1.807) is 42.5 Å². The van der Waals surface area contributed by atoms with E-state index in [1.165, 1.54) is 0 Å². The molecule has 0 saturated carbocycles. The van der Waals surface area contributed by atoms with Crippen molar-refractivity contribution in [1.82, 2.24) is 5.32 Å². The van der Waals surface area contributed by atoms with Crippen molar-refractivity contribution in [3.63, 3.8) is 0 Å². The van der Waals surface area contributed by atoms with E-state index in [-0.39, 0.29) is 23.1 Å². The quantitative estimate of drug-likeness (QED) is 0.270. The number of imide groups is 1. The summed E-state index contributed by atoms with van der Waals surface area (Å²) in [4.78, 5) is 24.4. The Balaban J connectivity index is 0.000000810. The van der Waals surface area contributed by atoms with E-state index in [9.17, 15) is 18.0 Å². The first-order chi connectivity index (χ1) is 18.6. The first-order valence-electron chi connectivity index (χ1n) is 12.3. The van der Waals surface area contributed by atoms with Crippen molar-refractivity contribution in [1.29, 1.82) is 0 Å². The van der Waals surface area contributed by atoms with Crippen LogP contribution >= 0.6 is 0 Å². The minimum atomic E-state index is -4.94. The normalized spacial score (nSPS) is 17.5. The van der Waals surface area contributed by atoms with Gasteiger partial charge in [0.25, 0.3) is 10.0 Å². The van der Waals surface area contributed by atoms with Gasteiger partial charge in [-0.15, -0.1) is 10.2 Å². The van der Waals surface area contributed by atoms with Crippen LogP contribution in [0.1, 0.15) is 48.7 Å². The van der Waals surface area contributed by atoms with Crippen molar-refractivity contribution in [2.75, 3.05) is 4.72 Å². The van der Waals surface area contributed by atoms with Gasteiger partial charge in [0.1, 0.15) is 0 Å². The van der Waals surface area contributed by atoms with Crippen molar-refractivity contribution in [3.8, 4) is 5.69 Å². The second-order valence-electron chi connectivity index (χ2n) is 9.52. The van der Waals surface area contributed by atoms with Gasteiger partial charge in [-0.3, -0.25) is 19.6 Å². The molecule has 1 aliphatic rings. The number of carbonyl (C=O) groups is 2. The van der Waals surface area contributed by atoms with Crippen LogP contribution in [0.5, 0.6) is 0 Å². The summed E-state index contributed by atoms with van der Waals surface area (Å²) in [6, 6.07) is 17.8. The number of carbonyl (C=O) groups excluding carboxylic acids is 2. The SMILES string of the molecule is CCC1(c2ccc(NS(=O)(=O)c3cccc(-[n+]4c(C)cc(C)cc4C)c3)cc2)CCC(=O)NC1=O.[O-][Cl+3]([O-])([O-])[O-]. The van der Waals surface area contributed by atoms with Gasteiger partial charge in [0.15, 0.2) is 11.4 Å². The minimum absolute atomic E-state index is 0.154. The lowest BCUT2D eigenvalue weighted by Crippen LogP contribution is -2.68. The Morgan fingerprint density at radius 3 is 2.05 bits per heavy atom. The number of sulfonamides is 1. The molecule has 13 heteroatoms. The highest BCUT2D eigenvalue weighted by Crippen LogP contribution is 2.36. The van der Waals surface area contributed by atoms with Crippen LogP contribution in [0.3, 0.4) is 0 Å². The fourth-order valence-corrected chi connectivity index (χ4v) is 6.04. The van der Waals surface area contributed by atoms with Crippen molar-refractivity contribution in [2.24, 2.45) is 0 Å². The standard InChI is InChI=1S/C27H29N3O4S.ClHO4/c1-5-27(14-13-25(31)28-26(27)32)21-9-11-22(12-10-21)29-35(33,34)24-8-6-7-23(17-24)30-19(3)15-18(2)16-20(30)4;2-1(3,4)5/h6-12,15-17,29H,5,13-14H2,1-4H3;(H,2,3,4,5). The van der Waals surface area contributed by atoms with Crippen molar-refractivity contribution in [3.05, 3.63) is 83.2 Å². The molecule has 0 radical (unpaired) electrons. The van der Waals surface area contributed by atoms with Crippen LogP contribution in [-0.2, 0) is 25.0 Å². The molecule has 1 unspecified atom stereocenters. The number of aryl methyl sites for hydroxylation is 3. The highest BCUT2D eigenvalue weighted by atomic mass is 35.7. The second kappa shape index (κ2) is 12.0. The number of hydrogen-bond donors (Lipinski definition) is 2. The highest BCUT2D eigenvalue weighted by Gasteiger charge is 2.42. The van der Waals surface area contributed by atoms with Gasteiger partial charge in [-0.2, -0.15) is 4.57 Å². The Bertz CT molecular complexity index is 1490. The molecule has 3 aromatic rings. The number of rotatable bonds is 6. The predicted octanol–water partition coefficient (Wildman–Crippen LogP) is -0.982. The summed E-state index contributed by atoms with van der Waals surface area (Å²) >= 11 is 0. The lowest BCUT2D eigenvalue weighted by atomic mass is 9.72. The molecule has 0 aliphatic carbocycles. The number of benzene rings is 2. The summed E-state index contributed by atoms with van der Waals surface area (Å²) in [5.41, 5.74) is 4.30. The number of halogens is 1. The molecule has 1 fully saturated rings. The summed E-state index contributed by atoms with van der Waals surface area (Å²) in [5.74, 6) is -0.569. The molecule has 2 N–H and O–H groups in total. The number of anilines is 1. The highest BCUT2D eigenvalue weighted by molar-refractivity contribution is 7.92. The van der Waals surface area contributed by atoms with Gasteiger partial charge in [0.05, 0.1) is 10.3 Å². The zero-order chi connectivity index (χ0) is 29.9. The molecule has 2 amide bonds. The third kappa shape index (κ3) is 7.42. The van der Waals surface area contributed by atoms with Gasteiger partial charge in [-0.25, -0.2) is 27.1 Å². The molecule has 40 heavy (non-hydrogen) atoms. The zero-order valence-electron chi connectivity index (χ0n) is 22.4. The molecule has 2 heterocycles. The molecule has 214 valence electrons. The number of amides is 2. The monoisotopic (exact) mass is 591 g/mol. The van der Waals surface area contributed by atoms with E-state index >= 15 is 0 Å². The maximum Gasteiger partial charge on any atom is 0.262 e. The Hall–Kier alpha value is -3.39. The van der Waals surface area contributed by atoms with Gasteiger partial charge in [-0.05, 0) is 49.1 Å². The maximum absolute atomic E-state index is 13.2. The van der Waals surface area contributed by atoms with Crippen LogP contribution in [0, 0.1) is 31.0 Å². The number of nitrogens with zero attached hydrogens (tertiary/aromatic N) is 1. The number of pyridine rings is 1. The van der Waals surface area contributed by atoms with Crippen LogP contribution in [0.25, 0.3) is 5.69 Å². The molecule has 2 aromatic carbocycles. The third-order valence-corrected chi connectivity index (χ3v) is 8.10. The Labute approximate surface area is 234 Å². The van der Waals surface area contributed by atoms with Crippen molar-refractivity contribution in [2.45, 2.75) is 57.3 Å². The lowest BCUT2D eigenvalue weighted by Gasteiger charge is -2.35. The fraction of sp³-hybridized carbons (Fsp3) is 0.296. The summed E-state index contributed by atoms with van der Waals surface area (Å²) in [6.45, 7) is 7.93. The summed E-state index contributed by atoms with van der Waals surface area (Å²) in [6.07, 6.45) is 1.25. The van der Waals surface area contributed by atoms with E-state index in [0.29, 0.717) is 18.5 Å². The second-order valence-corrected chi connectivity index (χ2v) is 12.0. The molecule has 0 bridgehead atoms. The molecular formula is C27H30ClN3O8S.